The number of rotatable bonds is 6. The minimum atomic E-state index is -0.223. The molecule has 2 aromatic rings. The van der Waals surface area contributed by atoms with Crippen LogP contribution < -0.4 is 5.32 Å². The monoisotopic (exact) mass is 329 g/mol. The standard InChI is InChI=1S/C19H20FNOS/c1-2-23-17-6-4-3-5-16(17)18(22)21-13-19(11-12-19)14-7-9-15(20)10-8-14/h3-10H,2,11-13H2,1H3,(H,21,22). The Morgan fingerprint density at radius 1 is 1.17 bits per heavy atom. The van der Waals surface area contributed by atoms with Crippen LogP contribution in [0.1, 0.15) is 35.7 Å². The lowest BCUT2D eigenvalue weighted by Crippen LogP contribution is -2.32. The fourth-order valence-electron chi connectivity index (χ4n) is 2.80. The lowest BCUT2D eigenvalue weighted by molar-refractivity contribution is 0.0947. The highest BCUT2D eigenvalue weighted by Crippen LogP contribution is 2.47. The molecule has 0 radical (unpaired) electrons. The first-order chi connectivity index (χ1) is 11.1. The van der Waals surface area contributed by atoms with Gasteiger partial charge in [-0.2, -0.15) is 0 Å². The van der Waals surface area contributed by atoms with E-state index in [1.165, 1.54) is 12.1 Å². The summed E-state index contributed by atoms with van der Waals surface area (Å²) >= 11 is 1.67. The summed E-state index contributed by atoms with van der Waals surface area (Å²) in [5.74, 6) is 0.679. The van der Waals surface area contributed by atoms with Crippen molar-refractivity contribution in [3.8, 4) is 0 Å². The zero-order valence-corrected chi connectivity index (χ0v) is 14.0. The maximum atomic E-state index is 13.1. The van der Waals surface area contributed by atoms with Crippen LogP contribution in [0, 0.1) is 5.82 Å². The predicted molar refractivity (Wildman–Crippen MR) is 92.5 cm³/mol. The first-order valence-electron chi connectivity index (χ1n) is 7.91. The first kappa shape index (κ1) is 16.1. The molecule has 0 aromatic heterocycles. The molecule has 23 heavy (non-hydrogen) atoms. The lowest BCUT2D eigenvalue weighted by Gasteiger charge is -2.17. The van der Waals surface area contributed by atoms with Crippen molar-refractivity contribution in [2.45, 2.75) is 30.1 Å². The van der Waals surface area contributed by atoms with Crippen molar-refractivity contribution in [1.82, 2.24) is 5.32 Å². The van der Waals surface area contributed by atoms with Gasteiger partial charge in [-0.3, -0.25) is 4.79 Å². The summed E-state index contributed by atoms with van der Waals surface area (Å²) in [7, 11) is 0. The first-order valence-corrected chi connectivity index (χ1v) is 8.89. The molecule has 4 heteroatoms. The number of carbonyl (C=O) groups is 1. The van der Waals surface area contributed by atoms with E-state index in [2.05, 4.69) is 12.2 Å². The molecule has 0 spiro atoms. The maximum Gasteiger partial charge on any atom is 0.252 e. The summed E-state index contributed by atoms with van der Waals surface area (Å²) in [6.07, 6.45) is 2.06. The van der Waals surface area contributed by atoms with Gasteiger partial charge in [-0.15, -0.1) is 11.8 Å². The number of hydrogen-bond donors (Lipinski definition) is 1. The van der Waals surface area contributed by atoms with Crippen molar-refractivity contribution in [2.75, 3.05) is 12.3 Å². The van der Waals surface area contributed by atoms with E-state index < -0.39 is 0 Å². The van der Waals surface area contributed by atoms with Crippen LogP contribution in [0.3, 0.4) is 0 Å². The van der Waals surface area contributed by atoms with Gasteiger partial charge < -0.3 is 5.32 Å². The number of halogens is 1. The van der Waals surface area contributed by atoms with Gasteiger partial charge in [0.05, 0.1) is 5.56 Å². The maximum absolute atomic E-state index is 13.1. The zero-order chi connectivity index (χ0) is 16.3. The number of benzene rings is 2. The van der Waals surface area contributed by atoms with E-state index in [1.54, 1.807) is 11.8 Å². The zero-order valence-electron chi connectivity index (χ0n) is 13.1. The molecule has 0 aliphatic heterocycles. The van der Waals surface area contributed by atoms with Crippen LogP contribution in [0.25, 0.3) is 0 Å². The second-order valence-electron chi connectivity index (χ2n) is 5.90. The Hall–Kier alpha value is -1.81. The van der Waals surface area contributed by atoms with Crippen LogP contribution in [0.15, 0.2) is 53.4 Å². The largest absolute Gasteiger partial charge is 0.351 e. The summed E-state index contributed by atoms with van der Waals surface area (Å²) in [4.78, 5) is 13.5. The van der Waals surface area contributed by atoms with Gasteiger partial charge >= 0.3 is 0 Å². The van der Waals surface area contributed by atoms with E-state index in [9.17, 15) is 9.18 Å². The molecule has 0 heterocycles. The van der Waals surface area contributed by atoms with Gasteiger partial charge in [0.25, 0.3) is 5.91 Å². The molecule has 0 bridgehead atoms. The Bertz CT molecular complexity index is 695. The van der Waals surface area contributed by atoms with E-state index in [0.717, 1.165) is 34.6 Å². The molecule has 1 aliphatic rings. The minimum absolute atomic E-state index is 0.0177. The molecule has 1 fully saturated rings. The van der Waals surface area contributed by atoms with Gasteiger partial charge in [0.15, 0.2) is 0 Å². The smallest absolute Gasteiger partial charge is 0.252 e. The van der Waals surface area contributed by atoms with Crippen molar-refractivity contribution < 1.29 is 9.18 Å². The fourth-order valence-corrected chi connectivity index (χ4v) is 3.60. The second-order valence-corrected chi connectivity index (χ2v) is 7.20. The van der Waals surface area contributed by atoms with Crippen LogP contribution >= 0.6 is 11.8 Å². The van der Waals surface area contributed by atoms with Crippen molar-refractivity contribution in [2.24, 2.45) is 0 Å². The molecule has 2 aromatic carbocycles. The van der Waals surface area contributed by atoms with Gasteiger partial charge in [-0.25, -0.2) is 4.39 Å². The van der Waals surface area contributed by atoms with Gasteiger partial charge in [0.2, 0.25) is 0 Å². The van der Waals surface area contributed by atoms with Gasteiger partial charge in [-0.1, -0.05) is 31.2 Å². The van der Waals surface area contributed by atoms with E-state index >= 15 is 0 Å². The number of nitrogens with one attached hydrogen (secondary N) is 1. The number of amides is 1. The topological polar surface area (TPSA) is 29.1 Å². The third-order valence-electron chi connectivity index (χ3n) is 4.33. The number of carbonyl (C=O) groups excluding carboxylic acids is 1. The van der Waals surface area contributed by atoms with Crippen molar-refractivity contribution >= 4 is 17.7 Å². The molecule has 3 rings (SSSR count). The third-order valence-corrected chi connectivity index (χ3v) is 5.28. The quantitative estimate of drug-likeness (QED) is 0.796. The van der Waals surface area contributed by atoms with E-state index in [-0.39, 0.29) is 17.1 Å². The molecule has 1 saturated carbocycles. The molecule has 0 unspecified atom stereocenters. The van der Waals surface area contributed by atoms with Crippen LogP contribution in [-0.4, -0.2) is 18.2 Å². The number of hydrogen-bond acceptors (Lipinski definition) is 2. The molecule has 0 atom stereocenters. The summed E-state index contributed by atoms with van der Waals surface area (Å²) in [6, 6.07) is 14.3. The molecule has 1 N–H and O–H groups in total. The summed E-state index contributed by atoms with van der Waals surface area (Å²) in [5, 5.41) is 3.07. The van der Waals surface area contributed by atoms with Crippen LogP contribution in [0.5, 0.6) is 0 Å². The SMILES string of the molecule is CCSc1ccccc1C(=O)NCC1(c2ccc(F)cc2)CC1. The van der Waals surface area contributed by atoms with Gasteiger partial charge in [0.1, 0.15) is 5.82 Å². The summed E-state index contributed by atoms with van der Waals surface area (Å²) < 4.78 is 13.1. The van der Waals surface area contributed by atoms with Crippen molar-refractivity contribution in [3.05, 3.63) is 65.5 Å². The summed E-state index contributed by atoms with van der Waals surface area (Å²) in [5.41, 5.74) is 1.82. The third kappa shape index (κ3) is 3.58. The highest BCUT2D eigenvalue weighted by Gasteiger charge is 2.44. The average molecular weight is 329 g/mol. The van der Waals surface area contributed by atoms with E-state index in [0.29, 0.717) is 6.54 Å². The van der Waals surface area contributed by atoms with E-state index in [4.69, 9.17) is 0 Å². The van der Waals surface area contributed by atoms with Crippen LogP contribution in [-0.2, 0) is 5.41 Å². The fraction of sp³-hybridized carbons (Fsp3) is 0.316. The second kappa shape index (κ2) is 6.75. The minimum Gasteiger partial charge on any atom is -0.351 e. The Morgan fingerprint density at radius 2 is 1.87 bits per heavy atom. The van der Waals surface area contributed by atoms with Crippen molar-refractivity contribution in [3.63, 3.8) is 0 Å². The lowest BCUT2D eigenvalue weighted by atomic mass is 9.96. The molecule has 1 aliphatic carbocycles. The average Bonchev–Trinajstić information content (AvgIpc) is 3.35. The molecule has 120 valence electrons. The Morgan fingerprint density at radius 3 is 2.52 bits per heavy atom. The predicted octanol–water partition coefficient (Wildman–Crippen LogP) is 4.40. The molecule has 2 nitrogen and oxygen atoms in total. The van der Waals surface area contributed by atoms with Crippen LogP contribution in [0.4, 0.5) is 4.39 Å². The van der Waals surface area contributed by atoms with E-state index in [1.807, 2.05) is 36.4 Å². The van der Waals surface area contributed by atoms with Crippen LogP contribution in [0.2, 0.25) is 0 Å². The molecule has 0 saturated heterocycles. The number of thioether (sulfide) groups is 1. The Labute approximate surface area is 140 Å². The molecular weight excluding hydrogens is 309 g/mol. The van der Waals surface area contributed by atoms with Crippen molar-refractivity contribution in [1.29, 1.82) is 0 Å². The van der Waals surface area contributed by atoms with Gasteiger partial charge in [-0.05, 0) is 48.4 Å². The highest BCUT2D eigenvalue weighted by atomic mass is 32.2. The molecule has 1 amide bonds. The van der Waals surface area contributed by atoms with Gasteiger partial charge in [0, 0.05) is 16.9 Å². The normalized spacial score (nSPS) is 15.2. The summed E-state index contributed by atoms with van der Waals surface area (Å²) in [6.45, 7) is 2.68. The highest BCUT2D eigenvalue weighted by molar-refractivity contribution is 7.99. The Kier molecular flexibility index (Phi) is 4.71. The Balaban J connectivity index is 1.69. The molecular formula is C19H20FNOS.